The summed E-state index contributed by atoms with van der Waals surface area (Å²) in [7, 11) is 3.94. The highest BCUT2D eigenvalue weighted by Crippen LogP contribution is 2.41. The lowest BCUT2D eigenvalue weighted by Crippen LogP contribution is -2.40. The number of thiophene rings is 1. The first-order valence-electron chi connectivity index (χ1n) is 9.20. The van der Waals surface area contributed by atoms with E-state index in [1.54, 1.807) is 7.11 Å². The minimum atomic E-state index is 0. The molecule has 1 saturated carbocycles. The fraction of sp³-hybridized carbons (Fsp3) is 0.737. The molecule has 144 valence electrons. The molecule has 0 saturated heterocycles. The van der Waals surface area contributed by atoms with E-state index in [0.29, 0.717) is 5.41 Å². The second-order valence-electron chi connectivity index (χ2n) is 6.87. The zero-order chi connectivity index (χ0) is 17.3. The zero-order valence-corrected chi connectivity index (χ0v) is 19.1. The molecule has 4 nitrogen and oxygen atoms in total. The van der Waals surface area contributed by atoms with Crippen LogP contribution in [0.25, 0.3) is 0 Å². The number of guanidine groups is 1. The Morgan fingerprint density at radius 1 is 1.40 bits per heavy atom. The summed E-state index contributed by atoms with van der Waals surface area (Å²) in [6, 6.07) is 4.33. The third-order valence-corrected chi connectivity index (χ3v) is 5.97. The lowest BCUT2D eigenvalue weighted by molar-refractivity contribution is 0.141. The van der Waals surface area contributed by atoms with Crippen LogP contribution in [0.4, 0.5) is 0 Å². The van der Waals surface area contributed by atoms with Gasteiger partial charge in [0.1, 0.15) is 0 Å². The van der Waals surface area contributed by atoms with Gasteiger partial charge < -0.3 is 15.0 Å². The van der Waals surface area contributed by atoms with E-state index in [1.165, 1.54) is 30.6 Å². The van der Waals surface area contributed by atoms with Crippen molar-refractivity contribution in [1.82, 2.24) is 10.2 Å². The summed E-state index contributed by atoms with van der Waals surface area (Å²) in [5.41, 5.74) is 0.352. The average Bonchev–Trinajstić information content (AvgIpc) is 3.27. The van der Waals surface area contributed by atoms with E-state index in [-0.39, 0.29) is 24.0 Å². The third-order valence-electron chi connectivity index (χ3n) is 5.04. The number of nitrogens with one attached hydrogen (secondary N) is 1. The smallest absolute Gasteiger partial charge is 0.193 e. The molecular weight excluding hydrogens is 445 g/mol. The monoisotopic (exact) mass is 479 g/mol. The summed E-state index contributed by atoms with van der Waals surface area (Å²) in [6.07, 6.45) is 7.46. The van der Waals surface area contributed by atoms with Crippen molar-refractivity contribution in [2.75, 3.05) is 40.4 Å². The van der Waals surface area contributed by atoms with Crippen molar-refractivity contribution in [2.45, 2.75) is 45.4 Å². The minimum Gasteiger partial charge on any atom is -0.385 e. The molecule has 2 rings (SSSR count). The number of hydrogen-bond acceptors (Lipinski definition) is 3. The summed E-state index contributed by atoms with van der Waals surface area (Å²) >= 11 is 1.83. The lowest BCUT2D eigenvalue weighted by atomic mass is 9.83. The zero-order valence-electron chi connectivity index (χ0n) is 15.9. The van der Waals surface area contributed by atoms with Crippen LogP contribution in [-0.2, 0) is 11.2 Å². The predicted octanol–water partition coefficient (Wildman–Crippen LogP) is 4.40. The Morgan fingerprint density at radius 2 is 2.16 bits per heavy atom. The SMILES string of the molecule is CCNC(=NCC1(CCOC)CCCC1)N(C)CCc1cccs1.I. The Balaban J connectivity index is 0.00000312. The maximum atomic E-state index is 5.34. The Hall–Kier alpha value is -0.340. The molecule has 1 aromatic heterocycles. The van der Waals surface area contributed by atoms with Crippen LogP contribution in [0, 0.1) is 5.41 Å². The highest BCUT2D eigenvalue weighted by atomic mass is 127. The van der Waals surface area contributed by atoms with Gasteiger partial charge in [0, 0.05) is 45.3 Å². The van der Waals surface area contributed by atoms with E-state index >= 15 is 0 Å². The van der Waals surface area contributed by atoms with Crippen LogP contribution in [0.15, 0.2) is 22.5 Å². The summed E-state index contributed by atoms with van der Waals surface area (Å²) in [6.45, 7) is 5.81. The molecule has 0 spiro atoms. The van der Waals surface area contributed by atoms with E-state index < -0.39 is 0 Å². The van der Waals surface area contributed by atoms with Crippen molar-refractivity contribution >= 4 is 41.3 Å². The molecule has 0 aliphatic heterocycles. The van der Waals surface area contributed by atoms with Gasteiger partial charge in [-0.15, -0.1) is 35.3 Å². The van der Waals surface area contributed by atoms with Crippen LogP contribution in [0.2, 0.25) is 0 Å². The number of aliphatic imine (C=N–C) groups is 1. The van der Waals surface area contributed by atoms with Gasteiger partial charge >= 0.3 is 0 Å². The molecule has 1 heterocycles. The lowest BCUT2D eigenvalue weighted by Gasteiger charge is -2.29. The number of rotatable bonds is 9. The Bertz CT molecular complexity index is 487. The average molecular weight is 479 g/mol. The number of methoxy groups -OCH3 is 1. The second kappa shape index (κ2) is 12.1. The first-order valence-corrected chi connectivity index (χ1v) is 10.1. The number of hydrogen-bond donors (Lipinski definition) is 1. The molecule has 0 bridgehead atoms. The highest BCUT2D eigenvalue weighted by molar-refractivity contribution is 14.0. The largest absolute Gasteiger partial charge is 0.385 e. The molecular formula is C19H34IN3OS. The Morgan fingerprint density at radius 3 is 2.76 bits per heavy atom. The van der Waals surface area contributed by atoms with Gasteiger partial charge in [-0.1, -0.05) is 18.9 Å². The van der Waals surface area contributed by atoms with E-state index in [2.05, 4.69) is 41.7 Å². The standard InChI is InChI=1S/C19H33N3OS.HI/c1-4-20-18(22(2)13-9-17-8-7-15-24-17)21-16-19(12-14-23-3)10-5-6-11-19;/h7-8,15H,4-6,9-14,16H2,1-3H3,(H,20,21);1H. The molecule has 0 amide bonds. The van der Waals surface area contributed by atoms with Gasteiger partial charge in [-0.05, 0) is 49.5 Å². The molecule has 1 aromatic rings. The van der Waals surface area contributed by atoms with Crippen molar-refractivity contribution in [2.24, 2.45) is 10.4 Å². The Labute approximate surface area is 174 Å². The first-order chi connectivity index (χ1) is 11.7. The van der Waals surface area contributed by atoms with Crippen LogP contribution in [0.1, 0.15) is 43.9 Å². The fourth-order valence-electron chi connectivity index (χ4n) is 3.48. The molecule has 0 atom stereocenters. The van der Waals surface area contributed by atoms with E-state index in [4.69, 9.17) is 9.73 Å². The molecule has 1 aliphatic carbocycles. The molecule has 0 aromatic carbocycles. The van der Waals surface area contributed by atoms with Gasteiger partial charge in [-0.3, -0.25) is 4.99 Å². The third kappa shape index (κ3) is 7.43. The number of nitrogens with zero attached hydrogens (tertiary/aromatic N) is 2. The van der Waals surface area contributed by atoms with Crippen LogP contribution >= 0.6 is 35.3 Å². The van der Waals surface area contributed by atoms with Crippen molar-refractivity contribution in [1.29, 1.82) is 0 Å². The Kier molecular flexibility index (Phi) is 11.0. The quantitative estimate of drug-likeness (QED) is 0.324. The molecule has 6 heteroatoms. The van der Waals surface area contributed by atoms with Crippen molar-refractivity contribution in [3.63, 3.8) is 0 Å². The summed E-state index contributed by atoms with van der Waals surface area (Å²) in [4.78, 5) is 8.70. The van der Waals surface area contributed by atoms with Gasteiger partial charge in [-0.25, -0.2) is 0 Å². The van der Waals surface area contributed by atoms with Crippen molar-refractivity contribution < 1.29 is 4.74 Å². The molecule has 1 N–H and O–H groups in total. The molecule has 1 fully saturated rings. The number of likely N-dealkylation sites (N-methyl/N-ethyl adjacent to an activating group) is 1. The van der Waals surface area contributed by atoms with Crippen LogP contribution in [0.3, 0.4) is 0 Å². The van der Waals surface area contributed by atoms with Gasteiger partial charge in [-0.2, -0.15) is 0 Å². The van der Waals surface area contributed by atoms with E-state index in [9.17, 15) is 0 Å². The van der Waals surface area contributed by atoms with Gasteiger partial charge in [0.05, 0.1) is 0 Å². The van der Waals surface area contributed by atoms with Gasteiger partial charge in [0.2, 0.25) is 0 Å². The number of ether oxygens (including phenoxy) is 1. The molecule has 0 unspecified atom stereocenters. The van der Waals surface area contributed by atoms with E-state index in [1.807, 2.05) is 11.3 Å². The summed E-state index contributed by atoms with van der Waals surface area (Å²) in [5, 5.41) is 5.60. The fourth-order valence-corrected chi connectivity index (χ4v) is 4.18. The topological polar surface area (TPSA) is 36.9 Å². The molecule has 1 aliphatic rings. The van der Waals surface area contributed by atoms with Crippen LogP contribution in [0.5, 0.6) is 0 Å². The van der Waals surface area contributed by atoms with Crippen molar-refractivity contribution in [3.8, 4) is 0 Å². The summed E-state index contributed by atoms with van der Waals surface area (Å²) in [5.74, 6) is 1.04. The van der Waals surface area contributed by atoms with Crippen LogP contribution < -0.4 is 5.32 Å². The first kappa shape index (κ1) is 22.7. The van der Waals surface area contributed by atoms with E-state index in [0.717, 1.165) is 45.0 Å². The maximum Gasteiger partial charge on any atom is 0.193 e. The van der Waals surface area contributed by atoms with Gasteiger partial charge in [0.25, 0.3) is 0 Å². The summed E-state index contributed by atoms with van der Waals surface area (Å²) < 4.78 is 5.34. The minimum absolute atomic E-state index is 0. The molecule has 25 heavy (non-hydrogen) atoms. The normalized spacial score (nSPS) is 16.5. The second-order valence-corrected chi connectivity index (χ2v) is 7.90. The number of halogens is 1. The predicted molar refractivity (Wildman–Crippen MR) is 119 cm³/mol. The maximum absolute atomic E-state index is 5.34. The highest BCUT2D eigenvalue weighted by Gasteiger charge is 2.33. The van der Waals surface area contributed by atoms with Gasteiger partial charge in [0.15, 0.2) is 5.96 Å². The van der Waals surface area contributed by atoms with Crippen LogP contribution in [-0.4, -0.2) is 51.3 Å². The van der Waals surface area contributed by atoms with Crippen molar-refractivity contribution in [3.05, 3.63) is 22.4 Å². The molecule has 0 radical (unpaired) electrons.